The summed E-state index contributed by atoms with van der Waals surface area (Å²) < 4.78 is 1.73. The lowest BCUT2D eigenvalue weighted by atomic mass is 9.96. The maximum Gasteiger partial charge on any atom is 0.321 e. The second kappa shape index (κ2) is 7.44. The first-order valence-electron chi connectivity index (χ1n) is 7.18. The summed E-state index contributed by atoms with van der Waals surface area (Å²) >= 11 is 1.27. The van der Waals surface area contributed by atoms with Crippen LogP contribution in [0.4, 0.5) is 4.79 Å². The number of thioether (sulfide) groups is 1. The van der Waals surface area contributed by atoms with Crippen LogP contribution in [0.5, 0.6) is 0 Å². The Morgan fingerprint density at radius 2 is 2.10 bits per heavy atom. The fraction of sp³-hybridized carbons (Fsp3) is 0.692. The van der Waals surface area contributed by atoms with Gasteiger partial charge in [-0.1, -0.05) is 31.0 Å². The lowest BCUT2D eigenvalue weighted by molar-refractivity contribution is -0.119. The van der Waals surface area contributed by atoms with E-state index in [0.29, 0.717) is 5.16 Å². The molecule has 116 valence electrons. The molecule has 1 aromatic rings. The zero-order chi connectivity index (χ0) is 15.2. The summed E-state index contributed by atoms with van der Waals surface area (Å²) in [7, 11) is 1.81. The summed E-state index contributed by atoms with van der Waals surface area (Å²) in [5, 5.41) is 13.1. The van der Waals surface area contributed by atoms with Crippen LogP contribution in [-0.4, -0.2) is 38.0 Å². The van der Waals surface area contributed by atoms with Crippen LogP contribution >= 0.6 is 11.8 Å². The van der Waals surface area contributed by atoms with Crippen LogP contribution in [-0.2, 0) is 11.8 Å². The zero-order valence-corrected chi connectivity index (χ0v) is 13.2. The van der Waals surface area contributed by atoms with Crippen LogP contribution < -0.4 is 10.6 Å². The standard InChI is InChI=1S/C13H21N5O2S/c1-9(21-13-17-14-8-18(13)2)11(19)16-12(20)15-10-6-4-3-5-7-10/h8-10H,3-7H2,1-2H3,(H2,15,16,19,20). The Kier molecular flexibility index (Phi) is 5.60. The van der Waals surface area contributed by atoms with Gasteiger partial charge in [0.2, 0.25) is 5.91 Å². The number of carbonyl (C=O) groups excluding carboxylic acids is 2. The van der Waals surface area contributed by atoms with E-state index >= 15 is 0 Å². The molecule has 1 aromatic heterocycles. The van der Waals surface area contributed by atoms with Crippen molar-refractivity contribution in [2.24, 2.45) is 7.05 Å². The van der Waals surface area contributed by atoms with Crippen molar-refractivity contribution in [1.82, 2.24) is 25.4 Å². The van der Waals surface area contributed by atoms with Crippen molar-refractivity contribution in [3.05, 3.63) is 6.33 Å². The number of nitrogens with zero attached hydrogens (tertiary/aromatic N) is 3. The molecule has 0 saturated heterocycles. The van der Waals surface area contributed by atoms with Gasteiger partial charge in [-0.05, 0) is 19.8 Å². The Morgan fingerprint density at radius 1 is 1.38 bits per heavy atom. The van der Waals surface area contributed by atoms with Gasteiger partial charge in [0.15, 0.2) is 5.16 Å². The van der Waals surface area contributed by atoms with Gasteiger partial charge in [0.05, 0.1) is 5.25 Å². The number of carbonyl (C=O) groups is 2. The van der Waals surface area contributed by atoms with E-state index in [-0.39, 0.29) is 11.9 Å². The Balaban J connectivity index is 1.77. The number of aromatic nitrogens is 3. The molecule has 1 atom stereocenters. The maximum absolute atomic E-state index is 12.0. The molecule has 1 heterocycles. The highest BCUT2D eigenvalue weighted by molar-refractivity contribution is 8.00. The second-order valence-corrected chi connectivity index (χ2v) is 6.59. The molecule has 2 N–H and O–H groups in total. The van der Waals surface area contributed by atoms with Crippen molar-refractivity contribution >= 4 is 23.7 Å². The Hall–Kier alpha value is -1.57. The van der Waals surface area contributed by atoms with E-state index in [4.69, 9.17) is 0 Å². The molecule has 2 rings (SSSR count). The largest absolute Gasteiger partial charge is 0.335 e. The van der Waals surface area contributed by atoms with Crippen LogP contribution in [0.2, 0.25) is 0 Å². The Bertz CT molecular complexity index is 499. The minimum atomic E-state index is -0.412. The summed E-state index contributed by atoms with van der Waals surface area (Å²) in [6.45, 7) is 1.74. The highest BCUT2D eigenvalue weighted by atomic mass is 32.2. The minimum Gasteiger partial charge on any atom is -0.335 e. The van der Waals surface area contributed by atoms with Crippen molar-refractivity contribution in [1.29, 1.82) is 0 Å². The van der Waals surface area contributed by atoms with Crippen molar-refractivity contribution in [3.63, 3.8) is 0 Å². The lowest BCUT2D eigenvalue weighted by Gasteiger charge is -2.22. The topological polar surface area (TPSA) is 88.9 Å². The summed E-state index contributed by atoms with van der Waals surface area (Å²) in [6, 6.07) is -0.217. The molecule has 1 unspecified atom stereocenters. The fourth-order valence-corrected chi connectivity index (χ4v) is 3.06. The van der Waals surface area contributed by atoms with Crippen LogP contribution in [0, 0.1) is 0 Å². The molecule has 0 radical (unpaired) electrons. The summed E-state index contributed by atoms with van der Waals surface area (Å²) in [6.07, 6.45) is 7.05. The number of amides is 3. The maximum atomic E-state index is 12.0. The number of hydrogen-bond donors (Lipinski definition) is 2. The van der Waals surface area contributed by atoms with Gasteiger partial charge in [-0.2, -0.15) is 0 Å². The Morgan fingerprint density at radius 3 is 2.71 bits per heavy atom. The molecule has 0 aliphatic heterocycles. The van der Waals surface area contributed by atoms with E-state index in [0.717, 1.165) is 25.7 Å². The van der Waals surface area contributed by atoms with E-state index in [1.807, 2.05) is 7.05 Å². The van der Waals surface area contributed by atoms with Gasteiger partial charge in [-0.15, -0.1) is 10.2 Å². The average molecular weight is 311 g/mol. The number of rotatable bonds is 4. The van der Waals surface area contributed by atoms with E-state index in [1.54, 1.807) is 17.8 Å². The number of imide groups is 1. The van der Waals surface area contributed by atoms with Crippen LogP contribution in [0.3, 0.4) is 0 Å². The molecule has 1 fully saturated rings. The lowest BCUT2D eigenvalue weighted by Crippen LogP contribution is -2.47. The predicted molar refractivity (Wildman–Crippen MR) is 79.9 cm³/mol. The molecule has 0 bridgehead atoms. The molecule has 0 aromatic carbocycles. The highest BCUT2D eigenvalue weighted by Gasteiger charge is 2.21. The molecule has 1 aliphatic carbocycles. The van der Waals surface area contributed by atoms with Gasteiger partial charge in [0.1, 0.15) is 6.33 Å². The monoisotopic (exact) mass is 311 g/mol. The molecule has 7 nitrogen and oxygen atoms in total. The highest BCUT2D eigenvalue weighted by Crippen LogP contribution is 2.20. The fourth-order valence-electron chi connectivity index (χ4n) is 2.27. The summed E-state index contributed by atoms with van der Waals surface area (Å²) in [5.41, 5.74) is 0. The first-order chi connectivity index (χ1) is 10.1. The number of aryl methyl sites for hydroxylation is 1. The van der Waals surface area contributed by atoms with Crippen molar-refractivity contribution in [2.75, 3.05) is 0 Å². The van der Waals surface area contributed by atoms with Crippen molar-refractivity contribution in [2.45, 2.75) is 55.5 Å². The van der Waals surface area contributed by atoms with Gasteiger partial charge in [0.25, 0.3) is 0 Å². The third-order valence-electron chi connectivity index (χ3n) is 3.50. The normalized spacial score (nSPS) is 17.2. The Labute approximate surface area is 128 Å². The van der Waals surface area contributed by atoms with E-state index < -0.39 is 11.3 Å². The first-order valence-corrected chi connectivity index (χ1v) is 8.06. The molecule has 21 heavy (non-hydrogen) atoms. The third kappa shape index (κ3) is 4.73. The second-order valence-electron chi connectivity index (χ2n) is 5.28. The van der Waals surface area contributed by atoms with E-state index in [2.05, 4.69) is 20.8 Å². The van der Waals surface area contributed by atoms with Gasteiger partial charge < -0.3 is 9.88 Å². The zero-order valence-electron chi connectivity index (χ0n) is 12.3. The SMILES string of the molecule is CC(Sc1nncn1C)C(=O)NC(=O)NC1CCCCC1. The smallest absolute Gasteiger partial charge is 0.321 e. The van der Waals surface area contributed by atoms with Crippen LogP contribution in [0.1, 0.15) is 39.0 Å². The average Bonchev–Trinajstić information content (AvgIpc) is 2.85. The van der Waals surface area contributed by atoms with E-state index in [9.17, 15) is 9.59 Å². The molecule has 0 spiro atoms. The van der Waals surface area contributed by atoms with Crippen LogP contribution in [0.25, 0.3) is 0 Å². The molecular formula is C13H21N5O2S. The van der Waals surface area contributed by atoms with Crippen LogP contribution in [0.15, 0.2) is 11.5 Å². The third-order valence-corrected chi connectivity index (χ3v) is 4.65. The van der Waals surface area contributed by atoms with Gasteiger partial charge in [-0.25, -0.2) is 4.79 Å². The van der Waals surface area contributed by atoms with Gasteiger partial charge in [0, 0.05) is 13.1 Å². The molecular weight excluding hydrogens is 290 g/mol. The summed E-state index contributed by atoms with van der Waals surface area (Å²) in [4.78, 5) is 23.8. The van der Waals surface area contributed by atoms with Gasteiger partial charge >= 0.3 is 6.03 Å². The minimum absolute atomic E-state index is 0.188. The number of urea groups is 1. The first kappa shape index (κ1) is 15.8. The van der Waals surface area contributed by atoms with E-state index in [1.165, 1.54) is 18.2 Å². The predicted octanol–water partition coefficient (Wildman–Crippen LogP) is 1.45. The van der Waals surface area contributed by atoms with Crippen molar-refractivity contribution < 1.29 is 9.59 Å². The number of nitrogens with one attached hydrogen (secondary N) is 2. The summed E-state index contributed by atoms with van der Waals surface area (Å²) in [5.74, 6) is -0.323. The molecule has 3 amide bonds. The van der Waals surface area contributed by atoms with Crippen molar-refractivity contribution in [3.8, 4) is 0 Å². The molecule has 8 heteroatoms. The molecule has 1 aliphatic rings. The number of hydrogen-bond acceptors (Lipinski definition) is 5. The molecule has 1 saturated carbocycles. The quantitative estimate of drug-likeness (QED) is 0.822. The van der Waals surface area contributed by atoms with Gasteiger partial charge in [-0.3, -0.25) is 10.1 Å².